The number of carbonyl (C=O) groups excluding carboxylic acids is 2. The summed E-state index contributed by atoms with van der Waals surface area (Å²) < 4.78 is 0. The van der Waals surface area contributed by atoms with Crippen molar-refractivity contribution in [2.75, 3.05) is 18.9 Å². The van der Waals surface area contributed by atoms with Gasteiger partial charge in [-0.3, -0.25) is 14.4 Å². The first-order valence-corrected chi connectivity index (χ1v) is 9.76. The predicted octanol–water partition coefficient (Wildman–Crippen LogP) is -2.63. The lowest BCUT2D eigenvalue weighted by molar-refractivity contribution is -0.278. The van der Waals surface area contributed by atoms with E-state index in [1.54, 1.807) is 0 Å². The third-order valence-electron chi connectivity index (χ3n) is 4.32. The van der Waals surface area contributed by atoms with E-state index in [-0.39, 0.29) is 10.8 Å². The molecule has 0 saturated carbocycles. The zero-order chi connectivity index (χ0) is 24.2. The van der Waals surface area contributed by atoms with Gasteiger partial charge in [0.05, 0.1) is 18.8 Å². The molecule has 0 spiro atoms. The number of hydrogen-bond acceptors (Lipinski definition) is 12. The number of thiazole rings is 1. The first-order chi connectivity index (χ1) is 14.9. The van der Waals surface area contributed by atoms with Crippen LogP contribution in [0.15, 0.2) is 10.5 Å². The molecule has 2 unspecified atom stereocenters. The number of hydrogen-bond donors (Lipinski definition) is 6. The number of carbonyl (C=O) groups is 4. The van der Waals surface area contributed by atoms with E-state index in [4.69, 9.17) is 35.8 Å². The molecule has 1 aromatic heterocycles. The zero-order valence-electron chi connectivity index (χ0n) is 16.8. The van der Waals surface area contributed by atoms with E-state index in [1.807, 2.05) is 0 Å². The molecule has 2 rings (SSSR count). The maximum absolute atomic E-state index is 12.8. The fourth-order valence-electron chi connectivity index (χ4n) is 2.54. The Morgan fingerprint density at radius 2 is 1.88 bits per heavy atom. The molecule has 1 aromatic rings. The van der Waals surface area contributed by atoms with E-state index in [2.05, 4.69) is 15.5 Å². The molecule has 1 aliphatic rings. The van der Waals surface area contributed by atoms with Crippen molar-refractivity contribution in [3.05, 3.63) is 11.1 Å². The van der Waals surface area contributed by atoms with Crippen molar-refractivity contribution in [3.63, 3.8) is 0 Å². The highest BCUT2D eigenvalue weighted by atomic mass is 32.1. The van der Waals surface area contributed by atoms with Gasteiger partial charge in [0.15, 0.2) is 10.8 Å². The summed E-state index contributed by atoms with van der Waals surface area (Å²) in [7, 11) is 0. The van der Waals surface area contributed by atoms with E-state index >= 15 is 0 Å². The van der Waals surface area contributed by atoms with Crippen molar-refractivity contribution in [1.29, 1.82) is 0 Å². The number of carboxylic acids is 2. The molecule has 0 aliphatic carbocycles. The van der Waals surface area contributed by atoms with Gasteiger partial charge in [-0.05, 0) is 13.8 Å². The van der Waals surface area contributed by atoms with Gasteiger partial charge in [-0.2, -0.15) is 0 Å². The van der Waals surface area contributed by atoms with Crippen LogP contribution in [0.25, 0.3) is 0 Å². The number of nitrogen functional groups attached to an aromatic ring is 1. The molecule has 15 nitrogen and oxygen atoms in total. The normalized spacial score (nSPS) is 19.6. The Bertz CT molecular complexity index is 932. The largest absolute Gasteiger partial charge is 0.479 e. The number of aliphatic hydroxyl groups excluding tert-OH is 2. The molecule has 3 atom stereocenters. The lowest BCUT2D eigenvalue weighted by atomic mass is 9.84. The van der Waals surface area contributed by atoms with Gasteiger partial charge in [-0.15, -0.1) is 11.3 Å². The van der Waals surface area contributed by atoms with Crippen LogP contribution >= 0.6 is 11.3 Å². The Labute approximate surface area is 184 Å². The predicted molar refractivity (Wildman–Crippen MR) is 105 cm³/mol. The standard InChI is InChI=1S/C16H21N5O10S/c1-16(2)10(12(25)21(16)31-8(4-23)14(28)29)19-11(24)9(6-5-32-15(17)18-6)20-30-7(3-22)13(26)27/h5,7-8,10,22-23H,3-4H2,1-2H3,(H2,17,18)(H,19,24)(H,26,27)(H,28,29)/b20-9-/t7?,8?,10-/m1/s1. The second kappa shape index (κ2) is 9.86. The van der Waals surface area contributed by atoms with Crippen molar-refractivity contribution in [3.8, 4) is 0 Å². The molecule has 0 aromatic carbocycles. The van der Waals surface area contributed by atoms with Crippen molar-refractivity contribution in [2.45, 2.75) is 37.6 Å². The lowest BCUT2D eigenvalue weighted by Gasteiger charge is -2.52. The van der Waals surface area contributed by atoms with Gasteiger partial charge >= 0.3 is 11.9 Å². The number of aromatic nitrogens is 1. The van der Waals surface area contributed by atoms with E-state index < -0.39 is 66.5 Å². The topological polar surface area (TPSA) is 234 Å². The van der Waals surface area contributed by atoms with Gasteiger partial charge in [0, 0.05) is 5.38 Å². The number of carboxylic acid groups (broad SMARTS) is 2. The smallest absolute Gasteiger partial charge is 0.350 e. The van der Waals surface area contributed by atoms with Crippen LogP contribution in [0.2, 0.25) is 0 Å². The second-order valence-corrected chi connectivity index (χ2v) is 7.82. The fourth-order valence-corrected chi connectivity index (χ4v) is 3.09. The minimum Gasteiger partial charge on any atom is -0.479 e. The minimum absolute atomic E-state index is 0.0702. The monoisotopic (exact) mass is 475 g/mol. The van der Waals surface area contributed by atoms with Crippen molar-refractivity contribution in [2.24, 2.45) is 5.16 Å². The van der Waals surface area contributed by atoms with Crippen molar-refractivity contribution in [1.82, 2.24) is 15.4 Å². The Hall–Kier alpha value is -3.34. The first-order valence-electron chi connectivity index (χ1n) is 8.88. The Kier molecular flexibility index (Phi) is 7.68. The molecule has 7 N–H and O–H groups in total. The van der Waals surface area contributed by atoms with Crippen LogP contribution < -0.4 is 11.1 Å². The molecule has 0 radical (unpaired) electrons. The van der Waals surface area contributed by atoms with E-state index in [0.717, 1.165) is 11.3 Å². The molecule has 2 amide bonds. The van der Waals surface area contributed by atoms with Crippen LogP contribution in [0, 0.1) is 0 Å². The molecule has 16 heteroatoms. The number of β-lactam (4-membered cyclic amide) rings is 1. The van der Waals surface area contributed by atoms with Crippen molar-refractivity contribution >= 4 is 45.9 Å². The quantitative estimate of drug-likeness (QED) is 0.110. The Morgan fingerprint density at radius 3 is 2.31 bits per heavy atom. The number of hydroxylamine groups is 2. The van der Waals surface area contributed by atoms with Crippen molar-refractivity contribution < 1.29 is 49.3 Å². The minimum atomic E-state index is -1.76. The fraction of sp³-hybridized carbons (Fsp3) is 0.500. The maximum Gasteiger partial charge on any atom is 0.350 e. The summed E-state index contributed by atoms with van der Waals surface area (Å²) in [5, 5.41) is 44.0. The summed E-state index contributed by atoms with van der Waals surface area (Å²) in [6.45, 7) is 1.12. The van der Waals surface area contributed by atoms with E-state index in [0.29, 0.717) is 5.06 Å². The summed E-state index contributed by atoms with van der Waals surface area (Å²) >= 11 is 0.958. The third kappa shape index (κ3) is 5.10. The highest BCUT2D eigenvalue weighted by molar-refractivity contribution is 7.13. The van der Waals surface area contributed by atoms with Crippen LogP contribution in [-0.4, -0.2) is 96.9 Å². The van der Waals surface area contributed by atoms with Crippen LogP contribution in [0.3, 0.4) is 0 Å². The van der Waals surface area contributed by atoms with Crippen LogP contribution in [0.1, 0.15) is 19.5 Å². The average Bonchev–Trinajstić information content (AvgIpc) is 3.14. The highest BCUT2D eigenvalue weighted by Gasteiger charge is 2.57. The summed E-state index contributed by atoms with van der Waals surface area (Å²) in [6.07, 6.45) is -3.45. The van der Waals surface area contributed by atoms with Gasteiger partial charge in [0.25, 0.3) is 11.8 Å². The van der Waals surface area contributed by atoms with Crippen LogP contribution in [-0.2, 0) is 28.9 Å². The van der Waals surface area contributed by atoms with Crippen LogP contribution in [0.5, 0.6) is 0 Å². The number of nitrogens with two attached hydrogens (primary N) is 1. The molecule has 176 valence electrons. The maximum atomic E-state index is 12.8. The Balaban J connectivity index is 2.21. The number of rotatable bonds is 11. The van der Waals surface area contributed by atoms with Gasteiger partial charge in [0.2, 0.25) is 12.2 Å². The van der Waals surface area contributed by atoms with E-state index in [9.17, 15) is 19.2 Å². The summed E-state index contributed by atoms with van der Waals surface area (Å²) in [5.41, 5.74) is 3.74. The van der Waals surface area contributed by atoms with Gasteiger partial charge in [-0.25, -0.2) is 19.6 Å². The number of nitrogens with one attached hydrogen (secondary N) is 1. The summed E-state index contributed by atoms with van der Waals surface area (Å²) in [4.78, 5) is 60.9. The molecule has 1 saturated heterocycles. The highest BCUT2D eigenvalue weighted by Crippen LogP contribution is 2.33. The summed E-state index contributed by atoms with van der Waals surface area (Å²) in [5.74, 6) is -4.82. The van der Waals surface area contributed by atoms with Gasteiger partial charge < -0.3 is 36.3 Å². The first kappa shape index (κ1) is 24.9. The number of nitrogens with zero attached hydrogens (tertiary/aromatic N) is 3. The number of aliphatic hydroxyl groups is 2. The molecule has 1 aliphatic heterocycles. The molecular weight excluding hydrogens is 454 g/mol. The van der Waals surface area contributed by atoms with E-state index in [1.165, 1.54) is 19.2 Å². The van der Waals surface area contributed by atoms with Gasteiger partial charge in [-0.1, -0.05) is 5.16 Å². The number of amides is 2. The summed E-state index contributed by atoms with van der Waals surface area (Å²) in [6, 6.07) is -1.20. The lowest BCUT2D eigenvalue weighted by Crippen LogP contribution is -2.77. The molecular formula is C16H21N5O10S. The third-order valence-corrected chi connectivity index (χ3v) is 4.99. The second-order valence-electron chi connectivity index (χ2n) is 6.93. The van der Waals surface area contributed by atoms with Crippen LogP contribution in [0.4, 0.5) is 5.13 Å². The Morgan fingerprint density at radius 1 is 1.28 bits per heavy atom. The molecule has 32 heavy (non-hydrogen) atoms. The number of aliphatic carboxylic acids is 2. The average molecular weight is 475 g/mol. The van der Waals surface area contributed by atoms with Gasteiger partial charge in [0.1, 0.15) is 11.7 Å². The zero-order valence-corrected chi connectivity index (χ0v) is 17.6. The molecule has 2 heterocycles. The number of oxime groups is 1. The SMILES string of the molecule is CC1(C)[C@H](NC(=O)/C(=N\OC(CO)C(=O)O)c2csc(N)n2)C(=O)N1OC(CO)C(=O)O. The molecule has 1 fully saturated rings. The number of anilines is 1. The molecule has 0 bridgehead atoms.